The van der Waals surface area contributed by atoms with Gasteiger partial charge in [0.25, 0.3) is 0 Å². The van der Waals surface area contributed by atoms with Gasteiger partial charge in [-0.05, 0) is 0 Å². The number of hydrogen-bond acceptors (Lipinski definition) is 2. The summed E-state index contributed by atoms with van der Waals surface area (Å²) in [7, 11) is 2.72. The Labute approximate surface area is 62.3 Å². The molecule has 0 saturated heterocycles. The lowest BCUT2D eigenvalue weighted by Gasteiger charge is -1.82. The van der Waals surface area contributed by atoms with E-state index < -0.39 is 17.0 Å². The zero-order chi connectivity index (χ0) is 8.08. The molecule has 0 aliphatic rings. The fourth-order valence-electron chi connectivity index (χ4n) is 0. The monoisotopic (exact) mass is 216 g/mol. The van der Waals surface area contributed by atoms with E-state index in [1.807, 2.05) is 0 Å². The molecular formula is H3Cl2O5PS. The van der Waals surface area contributed by atoms with Crippen LogP contribution >= 0.6 is 29.2 Å². The number of halogens is 2. The molecule has 0 rings (SSSR count). The van der Waals surface area contributed by atoms with Crippen LogP contribution in [-0.2, 0) is 13.8 Å². The summed E-state index contributed by atoms with van der Waals surface area (Å²) in [6, 6.07) is 0. The molecule has 5 nitrogen and oxygen atoms in total. The molecule has 0 aromatic heterocycles. The van der Waals surface area contributed by atoms with Crippen LogP contribution in [0.15, 0.2) is 0 Å². The molecule has 0 unspecified atom stereocenters. The minimum atomic E-state index is -4.64. The topological polar surface area (TPSA) is 94.8 Å². The second kappa shape index (κ2) is 5.61. The van der Waals surface area contributed by atoms with Crippen LogP contribution in [0.5, 0.6) is 0 Å². The van der Waals surface area contributed by atoms with E-state index in [0.29, 0.717) is 0 Å². The molecule has 9 heteroatoms. The zero-order valence-corrected chi connectivity index (χ0v) is 6.99. The van der Waals surface area contributed by atoms with E-state index >= 15 is 0 Å². The highest BCUT2D eigenvalue weighted by molar-refractivity contribution is 8.26. The number of rotatable bonds is 0. The van der Waals surface area contributed by atoms with Crippen LogP contribution < -0.4 is 0 Å². The van der Waals surface area contributed by atoms with E-state index in [4.69, 9.17) is 23.5 Å². The van der Waals surface area contributed by atoms with Crippen molar-refractivity contribution in [1.29, 1.82) is 0 Å². The summed E-state index contributed by atoms with van der Waals surface area (Å²) in [5.41, 5.74) is 0. The van der Waals surface area contributed by atoms with Crippen LogP contribution in [0, 0.1) is 0 Å². The van der Waals surface area contributed by atoms with E-state index in [0.717, 1.165) is 0 Å². The smallest absolute Gasteiger partial charge is 0.303 e. The molecule has 0 fully saturated rings. The fourth-order valence-corrected chi connectivity index (χ4v) is 0. The van der Waals surface area contributed by atoms with E-state index in [2.05, 4.69) is 21.4 Å². The summed E-state index contributed by atoms with van der Waals surface area (Å²) < 4.78 is 18.0. The van der Waals surface area contributed by atoms with Gasteiger partial charge in [-0.3, -0.25) is 0 Å². The maximum atomic E-state index is 9.09. The third-order valence-electron chi connectivity index (χ3n) is 0. The van der Waals surface area contributed by atoms with Gasteiger partial charge in [-0.2, -0.15) is 0 Å². The molecular weight excluding hydrogens is 214 g/mol. The van der Waals surface area contributed by atoms with Gasteiger partial charge in [0.15, 0.2) is 0 Å². The van der Waals surface area contributed by atoms with Crippen molar-refractivity contribution >= 4 is 38.4 Å². The highest BCUT2D eigenvalue weighted by Crippen LogP contribution is 2.25. The van der Waals surface area contributed by atoms with Crippen molar-refractivity contribution in [2.24, 2.45) is 0 Å². The van der Waals surface area contributed by atoms with Crippen molar-refractivity contribution < 1.29 is 23.5 Å². The second-order valence-corrected chi connectivity index (χ2v) is 4.25. The van der Waals surface area contributed by atoms with Crippen molar-refractivity contribution in [1.82, 2.24) is 0 Å². The summed E-state index contributed by atoms with van der Waals surface area (Å²) in [6.45, 7) is 0. The summed E-state index contributed by atoms with van der Waals surface area (Å²) in [6.07, 6.45) is 0. The van der Waals surface area contributed by atoms with Crippen molar-refractivity contribution in [3.63, 3.8) is 0 Å². The van der Waals surface area contributed by atoms with Crippen LogP contribution in [0.1, 0.15) is 0 Å². The van der Waals surface area contributed by atoms with E-state index in [9.17, 15) is 0 Å². The van der Waals surface area contributed by atoms with Gasteiger partial charge in [-0.25, -0.2) is 8.77 Å². The maximum absolute atomic E-state index is 9.09. The molecule has 0 aromatic carbocycles. The highest BCUT2D eigenvalue weighted by atomic mass is 36.0. The van der Waals surface area contributed by atoms with Gasteiger partial charge in [-0.15, -0.1) is 0 Å². The Hall–Kier alpha value is 0.840. The van der Waals surface area contributed by atoms with E-state index in [1.54, 1.807) is 0 Å². The first kappa shape index (κ1) is 12.5. The first-order valence-corrected chi connectivity index (χ1v) is 5.63. The van der Waals surface area contributed by atoms with Crippen molar-refractivity contribution in [2.75, 3.05) is 0 Å². The lowest BCUT2D eigenvalue weighted by molar-refractivity contribution is 0.275. The number of phosphoric acid groups is 1. The van der Waals surface area contributed by atoms with Crippen LogP contribution in [0.3, 0.4) is 0 Å². The molecule has 0 atom stereocenters. The standard InChI is InChI=1S/Cl2OS.H3O4P/c1-4(2)3;1-5(2,3)4/h;(H3,1,2,3,4). The minimum absolute atomic E-state index is 1.67. The van der Waals surface area contributed by atoms with Crippen molar-refractivity contribution in [2.45, 2.75) is 0 Å². The summed E-state index contributed by atoms with van der Waals surface area (Å²) in [4.78, 5) is 21.6. The van der Waals surface area contributed by atoms with Crippen LogP contribution in [0.25, 0.3) is 0 Å². The lowest BCUT2D eigenvalue weighted by Crippen LogP contribution is -1.66. The molecule has 0 bridgehead atoms. The Balaban J connectivity index is 0. The molecule has 0 saturated carbocycles. The SMILES string of the molecule is O=P(O)(O)O.O=S(Cl)Cl. The molecule has 0 aromatic rings. The molecule has 0 radical (unpaired) electrons. The predicted molar refractivity (Wildman–Crippen MR) is 34.1 cm³/mol. The maximum Gasteiger partial charge on any atom is 0.466 e. The van der Waals surface area contributed by atoms with Crippen LogP contribution in [0.4, 0.5) is 0 Å². The molecule has 0 heterocycles. The van der Waals surface area contributed by atoms with Crippen LogP contribution in [0.2, 0.25) is 0 Å². The largest absolute Gasteiger partial charge is 0.466 e. The Kier molecular flexibility index (Phi) is 7.80. The Morgan fingerprint density at radius 1 is 1.22 bits per heavy atom. The normalized spacial score (nSPS) is 10.4. The zero-order valence-electron chi connectivity index (χ0n) is 3.77. The summed E-state index contributed by atoms with van der Waals surface area (Å²) in [5.74, 6) is 0. The number of hydrogen-bond donors (Lipinski definition) is 3. The van der Waals surface area contributed by atoms with Gasteiger partial charge in [0, 0.05) is 21.4 Å². The summed E-state index contributed by atoms with van der Waals surface area (Å²) in [5, 5.41) is 0. The molecule has 0 amide bonds. The molecule has 3 N–H and O–H groups in total. The quantitative estimate of drug-likeness (QED) is 0.395. The van der Waals surface area contributed by atoms with Gasteiger partial charge in [0.1, 0.15) is 0 Å². The molecule has 0 aliphatic carbocycles. The first-order chi connectivity index (χ1) is 3.73. The summed E-state index contributed by atoms with van der Waals surface area (Å²) >= 11 is 0. The minimum Gasteiger partial charge on any atom is -0.303 e. The Bertz CT molecular complexity index is 115. The third kappa shape index (κ3) is 586. The highest BCUT2D eigenvalue weighted by Gasteiger charge is 2.00. The second-order valence-electron chi connectivity index (χ2n) is 0.698. The van der Waals surface area contributed by atoms with Crippen LogP contribution in [-0.4, -0.2) is 18.9 Å². The van der Waals surface area contributed by atoms with Gasteiger partial charge in [-0.1, -0.05) is 0 Å². The van der Waals surface area contributed by atoms with Gasteiger partial charge in [0.05, 0.1) is 0 Å². The van der Waals surface area contributed by atoms with Gasteiger partial charge < -0.3 is 14.7 Å². The fraction of sp³-hybridized carbons (Fsp3) is 0. The molecule has 58 valence electrons. The van der Waals surface area contributed by atoms with Gasteiger partial charge >= 0.3 is 7.82 Å². The Morgan fingerprint density at radius 3 is 1.22 bits per heavy atom. The van der Waals surface area contributed by atoms with E-state index in [1.165, 1.54) is 0 Å². The molecule has 0 spiro atoms. The average Bonchev–Trinajstić information content (AvgIpc) is 1.19. The average molecular weight is 217 g/mol. The Morgan fingerprint density at radius 2 is 1.22 bits per heavy atom. The molecule has 0 aliphatic heterocycles. The third-order valence-corrected chi connectivity index (χ3v) is 0. The van der Waals surface area contributed by atoms with Crippen molar-refractivity contribution in [3.8, 4) is 0 Å². The van der Waals surface area contributed by atoms with E-state index in [-0.39, 0.29) is 0 Å². The van der Waals surface area contributed by atoms with Gasteiger partial charge in [0.2, 0.25) is 9.23 Å². The first-order valence-electron chi connectivity index (χ1n) is 1.26. The predicted octanol–water partition coefficient (Wildman–Crippen LogP) is 0.114. The lowest BCUT2D eigenvalue weighted by atomic mass is 15.8. The van der Waals surface area contributed by atoms with Crippen molar-refractivity contribution in [3.05, 3.63) is 0 Å². The molecule has 9 heavy (non-hydrogen) atoms.